The normalized spacial score (nSPS) is 18.4. The van der Waals surface area contributed by atoms with Crippen LogP contribution in [0.4, 0.5) is 4.39 Å². The highest BCUT2D eigenvalue weighted by Gasteiger charge is 2.43. The molecule has 0 aromatic heterocycles. The Hall–Kier alpha value is -1.25. The maximum atomic E-state index is 13.2. The molecule has 0 saturated heterocycles. The fourth-order valence-corrected chi connectivity index (χ4v) is 1.08. The summed E-state index contributed by atoms with van der Waals surface area (Å²) in [6.07, 6.45) is 0. The van der Waals surface area contributed by atoms with E-state index in [9.17, 15) is 4.39 Å². The third-order valence-electron chi connectivity index (χ3n) is 1.76. The van der Waals surface area contributed by atoms with Crippen LogP contribution >= 0.6 is 0 Å². The van der Waals surface area contributed by atoms with Crippen LogP contribution in [-0.4, -0.2) is 0 Å². The lowest BCUT2D eigenvalue weighted by molar-refractivity contribution is 0.288. The highest BCUT2D eigenvalue weighted by atomic mass is 19.2. The molecule has 11 heavy (non-hydrogen) atoms. The summed E-state index contributed by atoms with van der Waals surface area (Å²) in [5, 5.41) is 6.65. The van der Waals surface area contributed by atoms with Gasteiger partial charge in [0.15, 0.2) is 0 Å². The van der Waals surface area contributed by atoms with Gasteiger partial charge in [-0.05, 0) is 12.5 Å². The molecule has 0 bridgehead atoms. The molecule has 0 N–H and O–H groups in total. The molecule has 0 unspecified atom stereocenters. The van der Waals surface area contributed by atoms with E-state index in [-0.39, 0.29) is 0 Å². The Morgan fingerprint density at radius 3 is 2.45 bits per heavy atom. The number of halogens is 1. The molecule has 1 aromatic rings. The van der Waals surface area contributed by atoms with Crippen molar-refractivity contribution in [1.29, 1.82) is 0 Å². The fraction of sp³-hybridized carbons (Fsp3) is 0.250. The van der Waals surface area contributed by atoms with E-state index in [4.69, 9.17) is 0 Å². The SMILES string of the molecule is Cc1ccccc1C1(F)N=N1. The predicted molar refractivity (Wildman–Crippen MR) is 38.8 cm³/mol. The highest BCUT2D eigenvalue weighted by molar-refractivity contribution is 5.32. The minimum atomic E-state index is -1.72. The van der Waals surface area contributed by atoms with Gasteiger partial charge in [-0.3, -0.25) is 0 Å². The number of benzene rings is 1. The second-order valence-electron chi connectivity index (χ2n) is 2.60. The van der Waals surface area contributed by atoms with Crippen LogP contribution in [-0.2, 0) is 5.92 Å². The minimum absolute atomic E-state index is 0.556. The molecule has 1 heterocycles. The van der Waals surface area contributed by atoms with Crippen LogP contribution in [0, 0.1) is 6.92 Å². The van der Waals surface area contributed by atoms with E-state index in [1.165, 1.54) is 0 Å². The van der Waals surface area contributed by atoms with Crippen molar-refractivity contribution >= 4 is 0 Å². The molecule has 0 atom stereocenters. The van der Waals surface area contributed by atoms with Gasteiger partial charge < -0.3 is 0 Å². The lowest BCUT2D eigenvalue weighted by Crippen LogP contribution is -2.01. The van der Waals surface area contributed by atoms with Crippen LogP contribution in [0.2, 0.25) is 0 Å². The van der Waals surface area contributed by atoms with Crippen LogP contribution < -0.4 is 0 Å². The van der Waals surface area contributed by atoms with Crippen LogP contribution in [0.15, 0.2) is 34.5 Å². The van der Waals surface area contributed by atoms with Gasteiger partial charge in [0, 0.05) is 5.56 Å². The standard InChI is InChI=1S/C8H7FN2/c1-6-4-2-3-5-7(6)8(9)10-11-8/h2-5H,1H3. The monoisotopic (exact) mass is 150 g/mol. The van der Waals surface area contributed by atoms with Gasteiger partial charge in [0.25, 0.3) is 0 Å². The Kier molecular flexibility index (Phi) is 1.10. The van der Waals surface area contributed by atoms with Crippen molar-refractivity contribution in [2.75, 3.05) is 0 Å². The molecule has 1 aliphatic rings. The summed E-state index contributed by atoms with van der Waals surface area (Å²) in [4.78, 5) is 0. The first-order valence-electron chi connectivity index (χ1n) is 3.41. The summed E-state index contributed by atoms with van der Waals surface area (Å²) in [6.45, 7) is 1.85. The van der Waals surface area contributed by atoms with Gasteiger partial charge in [-0.2, -0.15) is 4.39 Å². The first-order valence-corrected chi connectivity index (χ1v) is 3.41. The Labute approximate surface area is 63.8 Å². The molecule has 0 fully saturated rings. The van der Waals surface area contributed by atoms with E-state index in [2.05, 4.69) is 10.2 Å². The van der Waals surface area contributed by atoms with Crippen molar-refractivity contribution in [3.63, 3.8) is 0 Å². The highest BCUT2D eigenvalue weighted by Crippen LogP contribution is 2.41. The van der Waals surface area contributed by atoms with Crippen LogP contribution in [0.5, 0.6) is 0 Å². The van der Waals surface area contributed by atoms with Crippen molar-refractivity contribution in [1.82, 2.24) is 0 Å². The molecule has 0 amide bonds. The van der Waals surface area contributed by atoms with Gasteiger partial charge >= 0.3 is 5.92 Å². The lowest BCUT2D eigenvalue weighted by atomic mass is 10.1. The molecule has 1 aliphatic heterocycles. The third-order valence-corrected chi connectivity index (χ3v) is 1.76. The number of hydrogen-bond donors (Lipinski definition) is 0. The Morgan fingerprint density at radius 2 is 1.91 bits per heavy atom. The van der Waals surface area contributed by atoms with Gasteiger partial charge in [0.05, 0.1) is 0 Å². The van der Waals surface area contributed by atoms with E-state index in [1.54, 1.807) is 12.1 Å². The number of alkyl halides is 1. The lowest BCUT2D eigenvalue weighted by Gasteiger charge is -2.03. The third kappa shape index (κ3) is 0.926. The topological polar surface area (TPSA) is 24.7 Å². The van der Waals surface area contributed by atoms with Crippen LogP contribution in [0.1, 0.15) is 11.1 Å². The molecular weight excluding hydrogens is 143 g/mol. The quantitative estimate of drug-likeness (QED) is 0.549. The second kappa shape index (κ2) is 1.87. The number of rotatable bonds is 1. The Bertz CT molecular complexity index is 314. The number of hydrogen-bond acceptors (Lipinski definition) is 2. The molecule has 56 valence electrons. The Morgan fingerprint density at radius 1 is 1.27 bits per heavy atom. The predicted octanol–water partition coefficient (Wildman–Crippen LogP) is 2.54. The largest absolute Gasteiger partial charge is 0.355 e. The van der Waals surface area contributed by atoms with Crippen molar-refractivity contribution in [2.24, 2.45) is 10.2 Å². The average Bonchev–Trinajstić information content (AvgIpc) is 2.70. The van der Waals surface area contributed by atoms with Crippen molar-refractivity contribution in [2.45, 2.75) is 12.8 Å². The number of nitrogens with zero attached hydrogens (tertiary/aromatic N) is 2. The molecule has 2 rings (SSSR count). The van der Waals surface area contributed by atoms with Gasteiger partial charge in [0.1, 0.15) is 0 Å². The van der Waals surface area contributed by atoms with E-state index in [1.807, 2.05) is 19.1 Å². The summed E-state index contributed by atoms with van der Waals surface area (Å²) >= 11 is 0. The summed E-state index contributed by atoms with van der Waals surface area (Å²) in [5.74, 6) is -1.72. The van der Waals surface area contributed by atoms with Crippen molar-refractivity contribution in [3.05, 3.63) is 35.4 Å². The van der Waals surface area contributed by atoms with Crippen molar-refractivity contribution < 1.29 is 4.39 Å². The zero-order valence-electron chi connectivity index (χ0n) is 6.08. The molecule has 0 spiro atoms. The van der Waals surface area contributed by atoms with Gasteiger partial charge in [0.2, 0.25) is 0 Å². The van der Waals surface area contributed by atoms with E-state index < -0.39 is 5.92 Å². The van der Waals surface area contributed by atoms with Crippen LogP contribution in [0.3, 0.4) is 0 Å². The first-order chi connectivity index (χ1) is 5.22. The minimum Gasteiger partial charge on any atom is -0.182 e. The van der Waals surface area contributed by atoms with Gasteiger partial charge in [-0.25, -0.2) is 0 Å². The molecule has 0 radical (unpaired) electrons. The van der Waals surface area contributed by atoms with Gasteiger partial charge in [-0.1, -0.05) is 24.3 Å². The van der Waals surface area contributed by atoms with E-state index in [0.29, 0.717) is 5.56 Å². The summed E-state index contributed by atoms with van der Waals surface area (Å²) < 4.78 is 13.2. The Balaban J connectivity index is 2.45. The van der Waals surface area contributed by atoms with E-state index >= 15 is 0 Å². The van der Waals surface area contributed by atoms with Gasteiger partial charge in [-0.15, -0.1) is 10.2 Å². The maximum Gasteiger partial charge on any atom is 0.355 e. The zero-order chi connectivity index (χ0) is 7.90. The number of aryl methyl sites for hydroxylation is 1. The summed E-state index contributed by atoms with van der Waals surface area (Å²) in [5.41, 5.74) is 1.44. The smallest absolute Gasteiger partial charge is 0.182 e. The summed E-state index contributed by atoms with van der Waals surface area (Å²) in [7, 11) is 0. The zero-order valence-corrected chi connectivity index (χ0v) is 6.08. The van der Waals surface area contributed by atoms with Crippen molar-refractivity contribution in [3.8, 4) is 0 Å². The molecule has 0 aliphatic carbocycles. The molecule has 3 heteroatoms. The molecular formula is C8H7FN2. The first kappa shape index (κ1) is 6.46. The summed E-state index contributed by atoms with van der Waals surface area (Å²) in [6, 6.07) is 7.20. The van der Waals surface area contributed by atoms with E-state index in [0.717, 1.165) is 5.56 Å². The maximum absolute atomic E-state index is 13.2. The molecule has 1 aromatic carbocycles. The van der Waals surface area contributed by atoms with Crippen LogP contribution in [0.25, 0.3) is 0 Å². The molecule has 2 nitrogen and oxygen atoms in total. The molecule has 0 saturated carbocycles. The average molecular weight is 150 g/mol. The fourth-order valence-electron chi connectivity index (χ4n) is 1.08. The second-order valence-corrected chi connectivity index (χ2v) is 2.60.